The van der Waals surface area contributed by atoms with Crippen LogP contribution in [0, 0.1) is 0 Å². The van der Waals surface area contributed by atoms with Crippen molar-refractivity contribution in [1.29, 1.82) is 0 Å². The number of rotatable bonds is 11. The summed E-state index contributed by atoms with van der Waals surface area (Å²) in [6.45, 7) is 2.96. The highest BCUT2D eigenvalue weighted by Gasteiger charge is 2.52. The predicted octanol–water partition coefficient (Wildman–Crippen LogP) is 5.19. The van der Waals surface area contributed by atoms with Crippen molar-refractivity contribution >= 4 is 23.5 Å². The zero-order chi connectivity index (χ0) is 14.1. The molecule has 7 heteroatoms. The van der Waals surface area contributed by atoms with Crippen LogP contribution in [0.3, 0.4) is 0 Å². The summed E-state index contributed by atoms with van der Waals surface area (Å²) >= 11 is 3.28. The Morgan fingerprint density at radius 3 is 2.00 bits per heavy atom. The zero-order valence-corrected chi connectivity index (χ0v) is 13.4. The van der Waals surface area contributed by atoms with Gasteiger partial charge in [-0.3, -0.25) is 4.57 Å². The number of halogens is 3. The molecule has 18 heavy (non-hydrogen) atoms. The fraction of sp³-hybridized carbons (Fsp3) is 1.00. The van der Waals surface area contributed by atoms with Crippen LogP contribution in [0.25, 0.3) is 0 Å². The van der Waals surface area contributed by atoms with Crippen molar-refractivity contribution in [2.45, 2.75) is 51.6 Å². The SMILES string of the molecule is CCOP(=O)(OCC)C(F)(F)CCCCCCBr. The van der Waals surface area contributed by atoms with Gasteiger partial charge in [0, 0.05) is 11.8 Å². The largest absolute Gasteiger partial charge is 0.399 e. The van der Waals surface area contributed by atoms with E-state index in [4.69, 9.17) is 0 Å². The Balaban J connectivity index is 4.32. The van der Waals surface area contributed by atoms with E-state index in [0.29, 0.717) is 12.8 Å². The smallest absolute Gasteiger partial charge is 0.305 e. The minimum absolute atomic E-state index is 0.0452. The van der Waals surface area contributed by atoms with Gasteiger partial charge in [-0.2, -0.15) is 8.78 Å². The molecule has 0 aromatic rings. The molecule has 3 nitrogen and oxygen atoms in total. The molecule has 110 valence electrons. The molecule has 0 fully saturated rings. The highest BCUT2D eigenvalue weighted by molar-refractivity contribution is 9.09. The van der Waals surface area contributed by atoms with Crippen LogP contribution >= 0.6 is 23.5 Å². The first-order valence-electron chi connectivity index (χ1n) is 6.26. The molecule has 0 heterocycles. The van der Waals surface area contributed by atoms with Gasteiger partial charge in [0.1, 0.15) is 0 Å². The van der Waals surface area contributed by atoms with E-state index in [-0.39, 0.29) is 13.2 Å². The molecule has 0 aromatic heterocycles. The lowest BCUT2D eigenvalue weighted by molar-refractivity contribution is 0.0295. The van der Waals surface area contributed by atoms with Gasteiger partial charge in [-0.25, -0.2) is 0 Å². The Labute approximate surface area is 116 Å². The van der Waals surface area contributed by atoms with Crippen LogP contribution in [0.2, 0.25) is 0 Å². The molecule has 0 aliphatic rings. The van der Waals surface area contributed by atoms with Crippen LogP contribution in [0.1, 0.15) is 46.0 Å². The Kier molecular flexibility index (Phi) is 9.66. The summed E-state index contributed by atoms with van der Waals surface area (Å²) in [7, 11) is -4.32. The van der Waals surface area contributed by atoms with Gasteiger partial charge in [0.25, 0.3) is 0 Å². The lowest BCUT2D eigenvalue weighted by Crippen LogP contribution is -2.20. The molecule has 0 aliphatic heterocycles. The van der Waals surface area contributed by atoms with E-state index in [9.17, 15) is 13.3 Å². The van der Waals surface area contributed by atoms with E-state index in [1.165, 1.54) is 13.8 Å². The van der Waals surface area contributed by atoms with Crippen LogP contribution in [0.15, 0.2) is 0 Å². The lowest BCUT2D eigenvalue weighted by atomic mass is 10.2. The molecule has 0 radical (unpaired) electrons. The summed E-state index contributed by atoms with van der Waals surface area (Å²) in [5.74, 6) is 0. The quantitative estimate of drug-likeness (QED) is 0.292. The van der Waals surface area contributed by atoms with Crippen LogP contribution in [0.4, 0.5) is 8.78 Å². The van der Waals surface area contributed by atoms with Crippen molar-refractivity contribution in [3.8, 4) is 0 Å². The van der Waals surface area contributed by atoms with Crippen LogP contribution in [0.5, 0.6) is 0 Å². The topological polar surface area (TPSA) is 35.5 Å². The van der Waals surface area contributed by atoms with E-state index in [1.807, 2.05) is 0 Å². The van der Waals surface area contributed by atoms with Crippen molar-refractivity contribution in [1.82, 2.24) is 0 Å². The molecule has 0 saturated heterocycles. The second-order valence-corrected chi connectivity index (χ2v) is 6.81. The number of hydrogen-bond donors (Lipinski definition) is 0. The fourth-order valence-corrected chi connectivity index (χ4v) is 3.45. The minimum atomic E-state index is -4.32. The number of unbranched alkanes of at least 4 members (excludes halogenated alkanes) is 3. The van der Waals surface area contributed by atoms with Gasteiger partial charge in [-0.05, 0) is 26.7 Å². The maximum absolute atomic E-state index is 13.8. The third-order valence-electron chi connectivity index (χ3n) is 2.36. The van der Waals surface area contributed by atoms with E-state index in [0.717, 1.165) is 18.2 Å². The Morgan fingerprint density at radius 1 is 1.06 bits per heavy atom. The van der Waals surface area contributed by atoms with Gasteiger partial charge in [0.05, 0.1) is 13.2 Å². The first kappa shape index (κ1) is 18.5. The molecule has 0 aliphatic carbocycles. The van der Waals surface area contributed by atoms with Gasteiger partial charge in [-0.15, -0.1) is 0 Å². The molecule has 0 saturated carbocycles. The maximum atomic E-state index is 13.8. The summed E-state index contributed by atoms with van der Waals surface area (Å²) in [6, 6.07) is 0. The summed E-state index contributed by atoms with van der Waals surface area (Å²) in [5, 5.41) is 0.875. The Morgan fingerprint density at radius 2 is 1.56 bits per heavy atom. The zero-order valence-electron chi connectivity index (χ0n) is 11.0. The molecule has 0 aromatic carbocycles. The minimum Gasteiger partial charge on any atom is -0.305 e. The fourth-order valence-electron chi connectivity index (χ4n) is 1.49. The standard InChI is InChI=1S/C11H22BrF2O3P/c1-3-16-18(15,17-4-2)11(13,14)9-7-5-6-8-10-12/h3-10H2,1-2H3. The van der Waals surface area contributed by atoms with Crippen LogP contribution in [-0.4, -0.2) is 24.2 Å². The van der Waals surface area contributed by atoms with Gasteiger partial charge in [0.2, 0.25) is 0 Å². The third kappa shape index (κ3) is 6.09. The third-order valence-corrected chi connectivity index (χ3v) is 5.14. The van der Waals surface area contributed by atoms with Crippen LogP contribution in [-0.2, 0) is 13.6 Å². The first-order valence-corrected chi connectivity index (χ1v) is 8.93. The molecule has 0 rings (SSSR count). The molecule has 0 atom stereocenters. The van der Waals surface area contributed by atoms with Gasteiger partial charge >= 0.3 is 13.3 Å². The molecular weight excluding hydrogens is 329 g/mol. The molecule has 0 spiro atoms. The highest BCUT2D eigenvalue weighted by atomic mass is 79.9. The van der Waals surface area contributed by atoms with E-state index in [1.54, 1.807) is 0 Å². The van der Waals surface area contributed by atoms with Crippen molar-refractivity contribution in [3.05, 3.63) is 0 Å². The molecule has 0 N–H and O–H groups in total. The Bertz CT molecular complexity index is 255. The summed E-state index contributed by atoms with van der Waals surface area (Å²) in [6.07, 6.45) is 2.41. The van der Waals surface area contributed by atoms with Crippen molar-refractivity contribution < 1.29 is 22.4 Å². The lowest BCUT2D eigenvalue weighted by Gasteiger charge is -2.25. The molecular formula is C11H22BrF2O3P. The maximum Gasteiger partial charge on any atom is 0.399 e. The highest BCUT2D eigenvalue weighted by Crippen LogP contribution is 2.63. The van der Waals surface area contributed by atoms with Gasteiger partial charge < -0.3 is 9.05 Å². The number of alkyl halides is 3. The second-order valence-electron chi connectivity index (χ2n) is 3.85. The first-order chi connectivity index (χ1) is 8.43. The van der Waals surface area contributed by atoms with Crippen LogP contribution < -0.4 is 0 Å². The summed E-state index contributed by atoms with van der Waals surface area (Å²) < 4.78 is 49.0. The molecule has 0 bridgehead atoms. The van der Waals surface area contributed by atoms with E-state index in [2.05, 4.69) is 25.0 Å². The van der Waals surface area contributed by atoms with Crippen molar-refractivity contribution in [2.24, 2.45) is 0 Å². The molecule has 0 unspecified atom stereocenters. The normalized spacial score (nSPS) is 12.9. The number of hydrogen-bond acceptors (Lipinski definition) is 3. The van der Waals surface area contributed by atoms with E-state index >= 15 is 0 Å². The average Bonchev–Trinajstić information content (AvgIpc) is 2.29. The van der Waals surface area contributed by atoms with Crippen molar-refractivity contribution in [3.63, 3.8) is 0 Å². The van der Waals surface area contributed by atoms with E-state index < -0.39 is 19.7 Å². The summed E-state index contributed by atoms with van der Waals surface area (Å²) in [5.41, 5.74) is -3.40. The van der Waals surface area contributed by atoms with Gasteiger partial charge in [-0.1, -0.05) is 28.8 Å². The van der Waals surface area contributed by atoms with Gasteiger partial charge in [0.15, 0.2) is 0 Å². The predicted molar refractivity (Wildman–Crippen MR) is 72.7 cm³/mol. The van der Waals surface area contributed by atoms with Crippen molar-refractivity contribution in [2.75, 3.05) is 18.5 Å². The average molecular weight is 351 g/mol. The molecule has 0 amide bonds. The second kappa shape index (κ2) is 9.40. The Hall–Kier alpha value is 0.490. The monoisotopic (exact) mass is 350 g/mol. The summed E-state index contributed by atoms with van der Waals surface area (Å²) in [4.78, 5) is 0.